The molecule has 3 rings (SSSR count). The summed E-state index contributed by atoms with van der Waals surface area (Å²) in [5, 5.41) is 3.44. The quantitative estimate of drug-likeness (QED) is 0.149. The first kappa shape index (κ1) is 35.2. The monoisotopic (exact) mass is 686 g/mol. The maximum Gasteiger partial charge on any atom is 0.432 e. The zero-order valence-electron chi connectivity index (χ0n) is 21.3. The molecule has 19 heteroatoms. The lowest BCUT2D eigenvalue weighted by molar-refractivity contribution is -0.373. The molecule has 0 saturated heterocycles. The Labute approximate surface area is 244 Å². The van der Waals surface area contributed by atoms with Gasteiger partial charge < -0.3 is 19.1 Å². The summed E-state index contributed by atoms with van der Waals surface area (Å²) in [6.07, 6.45) is -23.6. The van der Waals surface area contributed by atoms with Gasteiger partial charge in [-0.05, 0) is 30.3 Å². The van der Waals surface area contributed by atoms with Crippen molar-refractivity contribution in [3.05, 3.63) is 78.9 Å². The first-order valence-corrected chi connectivity index (χ1v) is 14.2. The summed E-state index contributed by atoms with van der Waals surface area (Å²) < 4.78 is 190. The average Bonchev–Trinajstić information content (AvgIpc) is 2.90. The molecule has 3 aromatic rings. The van der Waals surface area contributed by atoms with Crippen LogP contribution in [0.2, 0.25) is 0 Å². The minimum absolute atomic E-state index is 0.195. The van der Waals surface area contributed by atoms with Crippen LogP contribution in [0.25, 0.3) is 0 Å². The SMILES string of the molecule is O=S(=O)([O-])C(F)(F)C(Oc1ccc([S+](c2ccccc2)c2ccccc2)c(OCC(O)(C(F)(F)F)C(F)(F)F)c1)C(F)(F)F. The van der Waals surface area contributed by atoms with Gasteiger partial charge in [-0.1, -0.05) is 36.4 Å². The Morgan fingerprint density at radius 1 is 0.750 bits per heavy atom. The minimum atomic E-state index is -7.01. The van der Waals surface area contributed by atoms with E-state index >= 15 is 0 Å². The van der Waals surface area contributed by atoms with Crippen molar-refractivity contribution in [1.29, 1.82) is 0 Å². The fraction of sp³-hybridized carbons (Fsp3) is 0.280. The fourth-order valence-electron chi connectivity index (χ4n) is 3.45. The van der Waals surface area contributed by atoms with Crippen molar-refractivity contribution >= 4 is 21.0 Å². The Bertz CT molecular complexity index is 1470. The average molecular weight is 687 g/mol. The zero-order chi connectivity index (χ0) is 33.4. The summed E-state index contributed by atoms with van der Waals surface area (Å²) >= 11 is 0. The highest BCUT2D eigenvalue weighted by molar-refractivity contribution is 7.97. The molecule has 6 nitrogen and oxygen atoms in total. The van der Waals surface area contributed by atoms with Gasteiger partial charge in [0.25, 0.3) is 11.7 Å². The number of rotatable bonds is 10. The highest BCUT2D eigenvalue weighted by Crippen LogP contribution is 2.46. The molecule has 3 aromatic carbocycles. The number of aliphatic hydroxyl groups is 1. The molecule has 1 N–H and O–H groups in total. The molecule has 1 unspecified atom stereocenters. The molecule has 0 aromatic heterocycles. The normalized spacial score (nSPS) is 14.4. The predicted octanol–water partition coefficient (Wildman–Crippen LogP) is 6.46. The molecule has 0 fully saturated rings. The van der Waals surface area contributed by atoms with Crippen molar-refractivity contribution in [2.45, 2.75) is 50.2 Å². The third-order valence-electron chi connectivity index (χ3n) is 5.66. The van der Waals surface area contributed by atoms with Gasteiger partial charge in [0.2, 0.25) is 4.90 Å². The predicted molar refractivity (Wildman–Crippen MR) is 129 cm³/mol. The van der Waals surface area contributed by atoms with E-state index < -0.39 is 74.6 Å². The van der Waals surface area contributed by atoms with Crippen LogP contribution in [-0.4, -0.2) is 60.2 Å². The number of halogens is 11. The molecule has 0 aliphatic rings. The van der Waals surface area contributed by atoms with Gasteiger partial charge in [-0.2, -0.15) is 48.3 Å². The van der Waals surface area contributed by atoms with Crippen LogP contribution in [0.3, 0.4) is 0 Å². The minimum Gasteiger partial charge on any atom is -0.743 e. The van der Waals surface area contributed by atoms with Crippen LogP contribution in [0.15, 0.2) is 93.5 Å². The Hall–Kier alpha value is -3.29. The van der Waals surface area contributed by atoms with Gasteiger partial charge in [-0.25, -0.2) is 8.42 Å². The van der Waals surface area contributed by atoms with Crippen molar-refractivity contribution in [3.63, 3.8) is 0 Å². The number of hydrogen-bond donors (Lipinski definition) is 1. The maximum atomic E-state index is 14.0. The van der Waals surface area contributed by atoms with Crippen molar-refractivity contribution in [1.82, 2.24) is 0 Å². The molecule has 0 radical (unpaired) electrons. The summed E-state index contributed by atoms with van der Waals surface area (Å²) in [5.74, 6) is -2.48. The largest absolute Gasteiger partial charge is 0.743 e. The molecule has 0 bridgehead atoms. The van der Waals surface area contributed by atoms with Crippen LogP contribution in [0.1, 0.15) is 0 Å². The van der Waals surface area contributed by atoms with E-state index in [4.69, 9.17) is 4.74 Å². The number of benzene rings is 3. The van der Waals surface area contributed by atoms with Gasteiger partial charge in [-0.3, -0.25) is 0 Å². The molecular weight excluding hydrogens is 669 g/mol. The molecule has 0 amide bonds. The second kappa shape index (κ2) is 12.2. The summed E-state index contributed by atoms with van der Waals surface area (Å²) in [5.41, 5.74) is -5.51. The molecule has 44 heavy (non-hydrogen) atoms. The van der Waals surface area contributed by atoms with Crippen LogP contribution >= 0.6 is 0 Å². The van der Waals surface area contributed by atoms with E-state index in [1.165, 1.54) is 48.5 Å². The molecule has 0 aliphatic heterocycles. The molecule has 0 heterocycles. The van der Waals surface area contributed by atoms with Crippen molar-refractivity contribution in [2.24, 2.45) is 0 Å². The summed E-state index contributed by atoms with van der Waals surface area (Å²) in [6.45, 7) is -2.61. The van der Waals surface area contributed by atoms with E-state index in [-0.39, 0.29) is 11.0 Å². The summed E-state index contributed by atoms with van der Waals surface area (Å²) in [7, 11) is -8.52. The van der Waals surface area contributed by atoms with Crippen LogP contribution < -0.4 is 9.47 Å². The lowest BCUT2D eigenvalue weighted by atomic mass is 10.0. The zero-order valence-corrected chi connectivity index (χ0v) is 22.9. The van der Waals surface area contributed by atoms with Crippen LogP contribution in [-0.2, 0) is 21.0 Å². The highest BCUT2D eigenvalue weighted by atomic mass is 32.2. The third-order valence-corrected chi connectivity index (χ3v) is 8.80. The van der Waals surface area contributed by atoms with Crippen LogP contribution in [0.5, 0.6) is 11.5 Å². The van der Waals surface area contributed by atoms with Gasteiger partial charge in [0.05, 0.1) is 0 Å². The van der Waals surface area contributed by atoms with E-state index in [0.29, 0.717) is 15.9 Å². The van der Waals surface area contributed by atoms with E-state index in [2.05, 4.69) is 4.74 Å². The Kier molecular flexibility index (Phi) is 9.79. The first-order valence-electron chi connectivity index (χ1n) is 11.5. The molecule has 0 aliphatic carbocycles. The second-order valence-corrected chi connectivity index (χ2v) is 12.2. The van der Waals surface area contributed by atoms with Crippen LogP contribution in [0.4, 0.5) is 48.3 Å². The summed E-state index contributed by atoms with van der Waals surface area (Å²) in [6, 6.07) is 16.5. The van der Waals surface area contributed by atoms with E-state index in [9.17, 15) is 66.4 Å². The van der Waals surface area contributed by atoms with Crippen molar-refractivity contribution in [2.75, 3.05) is 6.61 Å². The van der Waals surface area contributed by atoms with E-state index in [1.807, 2.05) is 0 Å². The number of hydrogen-bond acceptors (Lipinski definition) is 6. The van der Waals surface area contributed by atoms with Gasteiger partial charge in [0.1, 0.15) is 23.3 Å². The van der Waals surface area contributed by atoms with Gasteiger partial charge >= 0.3 is 23.8 Å². The van der Waals surface area contributed by atoms with Gasteiger partial charge in [0, 0.05) is 12.1 Å². The smallest absolute Gasteiger partial charge is 0.432 e. The Balaban J connectivity index is 2.25. The Morgan fingerprint density at radius 3 is 1.59 bits per heavy atom. The van der Waals surface area contributed by atoms with Crippen molar-refractivity contribution in [3.8, 4) is 11.5 Å². The number of ether oxygens (including phenoxy) is 2. The molecule has 242 valence electrons. The number of alkyl halides is 11. The third kappa shape index (κ3) is 7.32. The molecule has 1 atom stereocenters. The lowest BCUT2D eigenvalue weighted by Gasteiger charge is -2.32. The molecule has 0 spiro atoms. The fourth-order valence-corrected chi connectivity index (χ4v) is 6.05. The lowest BCUT2D eigenvalue weighted by Crippen LogP contribution is -2.60. The molecular formula is C25H17F11O6S2. The van der Waals surface area contributed by atoms with E-state index in [1.54, 1.807) is 12.1 Å². The maximum absolute atomic E-state index is 14.0. The standard InChI is InChI=1S/C25H17F11O6S2/c26-22(27,28)20(23(29,30)44(38,39)40)42-15-11-12-19(18(13-15)41-14-21(37,24(31,32)33)25(34,35)36)43(16-7-3-1-4-8-16)17-9-5-2-6-10-17/h1-13,20,37H,14H2. The van der Waals surface area contributed by atoms with E-state index in [0.717, 1.165) is 6.07 Å². The highest BCUT2D eigenvalue weighted by Gasteiger charge is 2.71. The van der Waals surface area contributed by atoms with Crippen molar-refractivity contribution < 1.29 is 75.8 Å². The Morgan fingerprint density at radius 2 is 1.20 bits per heavy atom. The molecule has 0 saturated carbocycles. The van der Waals surface area contributed by atoms with Gasteiger partial charge in [0.15, 0.2) is 25.7 Å². The first-order chi connectivity index (χ1) is 20.0. The second-order valence-electron chi connectivity index (χ2n) is 8.74. The summed E-state index contributed by atoms with van der Waals surface area (Å²) in [4.78, 5) is 0.376. The van der Waals surface area contributed by atoms with Gasteiger partial charge in [-0.15, -0.1) is 0 Å². The topological polar surface area (TPSA) is 95.9 Å². The van der Waals surface area contributed by atoms with Crippen LogP contribution in [0, 0.1) is 0 Å².